The van der Waals surface area contributed by atoms with Gasteiger partial charge in [-0.05, 0) is 43.3 Å². The molecule has 0 fully saturated rings. The zero-order chi connectivity index (χ0) is 26.8. The van der Waals surface area contributed by atoms with Gasteiger partial charge < -0.3 is 14.6 Å². The molecule has 1 aromatic carbocycles. The van der Waals surface area contributed by atoms with Crippen LogP contribution in [0.25, 0.3) is 0 Å². The quantitative estimate of drug-likeness (QED) is 0.377. The maximum Gasteiger partial charge on any atom is 0.192 e. The molecule has 2 aromatic heterocycles. The molecule has 0 bridgehead atoms. The van der Waals surface area contributed by atoms with Gasteiger partial charge in [-0.1, -0.05) is 32.4 Å². The largest absolute Gasteiger partial charge is 0.414 e. The van der Waals surface area contributed by atoms with Crippen molar-refractivity contribution in [1.82, 2.24) is 19.9 Å². The molecule has 194 valence electrons. The SMILES string of the molecule is Cc1ncc(C(CO[Si](C)(C)C(C)(C)C)Nc2ncnc3c2CN(c2ccc(Cl)cc2C#N)CC3)cn1. The van der Waals surface area contributed by atoms with Crippen LogP contribution in [0.2, 0.25) is 23.2 Å². The van der Waals surface area contributed by atoms with Crippen molar-refractivity contribution in [1.29, 1.82) is 5.26 Å². The monoisotopic (exact) mass is 535 g/mol. The van der Waals surface area contributed by atoms with Gasteiger partial charge in [-0.3, -0.25) is 0 Å². The molecule has 0 aliphatic carbocycles. The first-order valence-corrected chi connectivity index (χ1v) is 15.7. The number of aryl methyl sites for hydroxylation is 1. The number of nitrogens with one attached hydrogen (secondary N) is 1. The Morgan fingerprint density at radius 3 is 2.59 bits per heavy atom. The number of halogens is 1. The van der Waals surface area contributed by atoms with Gasteiger partial charge in [-0.25, -0.2) is 19.9 Å². The first-order chi connectivity index (χ1) is 17.5. The summed E-state index contributed by atoms with van der Waals surface area (Å²) >= 11 is 6.14. The summed E-state index contributed by atoms with van der Waals surface area (Å²) in [6.07, 6.45) is 6.06. The smallest absolute Gasteiger partial charge is 0.192 e. The maximum absolute atomic E-state index is 9.67. The van der Waals surface area contributed by atoms with Crippen LogP contribution in [-0.2, 0) is 17.4 Å². The number of hydrogen-bond donors (Lipinski definition) is 1. The molecule has 4 rings (SSSR count). The molecular weight excluding hydrogens is 502 g/mol. The van der Waals surface area contributed by atoms with E-state index in [1.807, 2.05) is 31.5 Å². The lowest BCUT2D eigenvalue weighted by atomic mass is 10.0. The van der Waals surface area contributed by atoms with Gasteiger partial charge in [0.05, 0.1) is 29.6 Å². The van der Waals surface area contributed by atoms with E-state index in [0.29, 0.717) is 23.7 Å². The highest BCUT2D eigenvalue weighted by Crippen LogP contribution is 2.38. The molecule has 0 amide bonds. The summed E-state index contributed by atoms with van der Waals surface area (Å²) in [4.78, 5) is 20.2. The van der Waals surface area contributed by atoms with E-state index < -0.39 is 8.32 Å². The number of anilines is 2. The van der Waals surface area contributed by atoms with Gasteiger partial charge in [0.2, 0.25) is 0 Å². The fourth-order valence-corrected chi connectivity index (χ4v) is 5.21. The predicted octanol–water partition coefficient (Wildman–Crippen LogP) is 5.84. The predicted molar refractivity (Wildman–Crippen MR) is 149 cm³/mol. The Hall–Kier alpha value is -3.06. The molecule has 1 N–H and O–H groups in total. The molecular formula is C27H34ClN7OSi. The first kappa shape index (κ1) is 27.0. The Morgan fingerprint density at radius 2 is 1.92 bits per heavy atom. The zero-order valence-corrected chi connectivity index (χ0v) is 24.1. The minimum Gasteiger partial charge on any atom is -0.414 e. The summed E-state index contributed by atoms with van der Waals surface area (Å²) in [6.45, 7) is 14.9. The van der Waals surface area contributed by atoms with Gasteiger partial charge in [-0.2, -0.15) is 5.26 Å². The van der Waals surface area contributed by atoms with Crippen molar-refractivity contribution in [3.05, 3.63) is 70.2 Å². The van der Waals surface area contributed by atoms with Gasteiger partial charge >= 0.3 is 0 Å². The highest BCUT2D eigenvalue weighted by molar-refractivity contribution is 6.74. The molecule has 1 atom stereocenters. The van der Waals surface area contributed by atoms with E-state index in [1.165, 1.54) is 0 Å². The summed E-state index contributed by atoms with van der Waals surface area (Å²) < 4.78 is 6.61. The average molecular weight is 536 g/mol. The van der Waals surface area contributed by atoms with Crippen molar-refractivity contribution < 1.29 is 4.43 Å². The van der Waals surface area contributed by atoms with Crippen LogP contribution in [0.15, 0.2) is 36.9 Å². The minimum atomic E-state index is -1.99. The molecule has 0 spiro atoms. The lowest BCUT2D eigenvalue weighted by Crippen LogP contribution is -2.42. The second-order valence-electron chi connectivity index (χ2n) is 10.9. The van der Waals surface area contributed by atoms with Gasteiger partial charge in [0.1, 0.15) is 24.0 Å². The maximum atomic E-state index is 9.67. The second-order valence-corrected chi connectivity index (χ2v) is 16.2. The van der Waals surface area contributed by atoms with Crippen LogP contribution in [0, 0.1) is 18.3 Å². The third kappa shape index (κ3) is 6.09. The number of nitrogens with zero attached hydrogens (tertiary/aromatic N) is 6. The van der Waals surface area contributed by atoms with Crippen LogP contribution in [-0.4, -0.2) is 41.4 Å². The van der Waals surface area contributed by atoms with Crippen molar-refractivity contribution >= 4 is 31.4 Å². The number of aromatic nitrogens is 4. The Kier molecular flexibility index (Phi) is 7.83. The van der Waals surface area contributed by atoms with Crippen molar-refractivity contribution in [2.45, 2.75) is 64.8 Å². The van der Waals surface area contributed by atoms with Crippen LogP contribution in [0.5, 0.6) is 0 Å². The van der Waals surface area contributed by atoms with E-state index in [0.717, 1.165) is 47.1 Å². The summed E-state index contributed by atoms with van der Waals surface area (Å²) in [5.74, 6) is 1.48. The lowest BCUT2D eigenvalue weighted by Gasteiger charge is -2.37. The highest BCUT2D eigenvalue weighted by atomic mass is 35.5. The number of nitriles is 1. The normalized spacial score (nSPS) is 14.6. The summed E-state index contributed by atoms with van der Waals surface area (Å²) in [5.41, 5.74) is 4.37. The molecule has 1 aliphatic rings. The molecule has 1 unspecified atom stereocenters. The van der Waals surface area contributed by atoms with Crippen molar-refractivity contribution in [3.63, 3.8) is 0 Å². The second kappa shape index (κ2) is 10.7. The molecule has 1 aliphatic heterocycles. The Labute approximate surface area is 225 Å². The van der Waals surface area contributed by atoms with Crippen LogP contribution in [0.4, 0.5) is 11.5 Å². The molecule has 0 saturated carbocycles. The molecule has 8 nitrogen and oxygen atoms in total. The van der Waals surface area contributed by atoms with Crippen molar-refractivity contribution in [3.8, 4) is 6.07 Å². The van der Waals surface area contributed by atoms with E-state index in [9.17, 15) is 5.26 Å². The van der Waals surface area contributed by atoms with Gasteiger partial charge in [0.25, 0.3) is 0 Å². The van der Waals surface area contributed by atoms with Crippen molar-refractivity contribution in [2.24, 2.45) is 0 Å². The standard InChI is InChI=1S/C27H34ClN7OSi/c1-18-30-13-20(14-31-18)24(16-36-37(5,6)27(2,3)4)34-26-22-15-35(10-9-23(22)32-17-33-26)25-8-7-21(28)11-19(25)12-29/h7-8,11,13-14,17,24H,9-10,15-16H2,1-6H3,(H,32,33,34). The van der Waals surface area contributed by atoms with E-state index in [1.54, 1.807) is 12.4 Å². The lowest BCUT2D eigenvalue weighted by molar-refractivity contribution is 0.271. The van der Waals surface area contributed by atoms with Crippen LogP contribution < -0.4 is 10.2 Å². The fourth-order valence-electron chi connectivity index (χ4n) is 4.02. The van der Waals surface area contributed by atoms with Crippen molar-refractivity contribution in [2.75, 3.05) is 23.4 Å². The molecule has 3 heterocycles. The Morgan fingerprint density at radius 1 is 1.19 bits per heavy atom. The number of benzene rings is 1. The van der Waals surface area contributed by atoms with Gasteiger partial charge in [0.15, 0.2) is 8.32 Å². The summed E-state index contributed by atoms with van der Waals surface area (Å²) in [6, 6.07) is 7.52. The Balaban J connectivity index is 1.64. The van der Waals surface area contributed by atoms with Gasteiger partial charge in [0, 0.05) is 48.1 Å². The number of fused-ring (bicyclic) bond motifs is 1. The number of rotatable bonds is 7. The topological polar surface area (TPSA) is 99.9 Å². The van der Waals surface area contributed by atoms with E-state index in [-0.39, 0.29) is 11.1 Å². The Bertz CT molecular complexity index is 1300. The van der Waals surface area contributed by atoms with E-state index >= 15 is 0 Å². The molecule has 3 aromatic rings. The number of hydrogen-bond acceptors (Lipinski definition) is 8. The molecule has 0 saturated heterocycles. The average Bonchev–Trinajstić information content (AvgIpc) is 2.86. The van der Waals surface area contributed by atoms with Crippen LogP contribution in [0.3, 0.4) is 0 Å². The van der Waals surface area contributed by atoms with E-state index in [2.05, 4.69) is 70.1 Å². The third-order valence-electron chi connectivity index (χ3n) is 7.35. The first-order valence-electron chi connectivity index (χ1n) is 12.4. The van der Waals surface area contributed by atoms with Crippen LogP contribution >= 0.6 is 11.6 Å². The molecule has 37 heavy (non-hydrogen) atoms. The van der Waals surface area contributed by atoms with E-state index in [4.69, 9.17) is 16.0 Å². The third-order valence-corrected chi connectivity index (χ3v) is 12.1. The van der Waals surface area contributed by atoms with Gasteiger partial charge in [-0.15, -0.1) is 0 Å². The highest BCUT2D eigenvalue weighted by Gasteiger charge is 2.38. The minimum absolute atomic E-state index is 0.0902. The molecule has 10 heteroatoms. The summed E-state index contributed by atoms with van der Waals surface area (Å²) in [5, 5.41) is 13.9. The summed E-state index contributed by atoms with van der Waals surface area (Å²) in [7, 11) is -1.99. The molecule has 0 radical (unpaired) electrons. The fraction of sp³-hybridized carbons (Fsp3) is 0.444. The van der Waals surface area contributed by atoms with Crippen LogP contribution in [0.1, 0.15) is 55.0 Å². The zero-order valence-electron chi connectivity index (χ0n) is 22.3.